The summed E-state index contributed by atoms with van der Waals surface area (Å²) < 4.78 is 39.9. The highest BCUT2D eigenvalue weighted by Crippen LogP contribution is 2.32. The van der Waals surface area contributed by atoms with Crippen molar-refractivity contribution in [3.05, 3.63) is 35.5 Å². The van der Waals surface area contributed by atoms with Crippen LogP contribution in [0.1, 0.15) is 0 Å². The van der Waals surface area contributed by atoms with Gasteiger partial charge in [0.05, 0.1) is 30.5 Å². The Labute approximate surface area is 178 Å². The minimum atomic E-state index is -4.39. The van der Waals surface area contributed by atoms with Gasteiger partial charge in [0.15, 0.2) is 10.1 Å². The van der Waals surface area contributed by atoms with E-state index in [1.807, 2.05) is 16.9 Å². The average Bonchev–Trinajstić information content (AvgIpc) is 3.21. The number of carbonyl (C=O) groups excluding carboxylic acids is 1. The highest BCUT2D eigenvalue weighted by atomic mass is 35.5. The number of hydrogen-bond acceptors (Lipinski definition) is 9. The first-order valence-electron chi connectivity index (χ1n) is 8.18. The van der Waals surface area contributed by atoms with Crippen molar-refractivity contribution in [2.24, 2.45) is 0 Å². The third-order valence-electron chi connectivity index (χ3n) is 3.88. The Morgan fingerprint density at radius 2 is 1.80 bits per heavy atom. The van der Waals surface area contributed by atoms with Crippen LogP contribution in [0.25, 0.3) is 15.2 Å². The van der Waals surface area contributed by atoms with E-state index in [1.165, 1.54) is 36.0 Å². The van der Waals surface area contributed by atoms with Gasteiger partial charge in [-0.15, -0.1) is 0 Å². The minimum absolute atomic E-state index is 0.116. The van der Waals surface area contributed by atoms with E-state index in [1.54, 1.807) is 12.1 Å². The van der Waals surface area contributed by atoms with Gasteiger partial charge in [0.1, 0.15) is 0 Å². The second kappa shape index (κ2) is 7.59. The Bertz CT molecular complexity index is 1360. The summed E-state index contributed by atoms with van der Waals surface area (Å²) in [5.41, 5.74) is 0.596. The first-order chi connectivity index (χ1) is 14.3. The van der Waals surface area contributed by atoms with Gasteiger partial charge in [-0.25, -0.2) is 14.5 Å². The number of nitrogens with zero attached hydrogens (tertiary/aromatic N) is 4. The Balaban J connectivity index is 1.67. The fraction of sp³-hybridized carbons (Fsp3) is 0.125. The van der Waals surface area contributed by atoms with Crippen LogP contribution in [0.5, 0.6) is 11.8 Å². The van der Waals surface area contributed by atoms with Crippen LogP contribution in [0.4, 0.5) is 10.7 Å². The van der Waals surface area contributed by atoms with Crippen molar-refractivity contribution in [1.82, 2.24) is 24.1 Å². The van der Waals surface area contributed by atoms with Gasteiger partial charge in [-0.2, -0.15) is 18.4 Å². The quantitative estimate of drug-likeness (QED) is 0.455. The van der Waals surface area contributed by atoms with Gasteiger partial charge in [0.25, 0.3) is 10.0 Å². The van der Waals surface area contributed by atoms with Gasteiger partial charge in [-0.1, -0.05) is 35.1 Å². The lowest BCUT2D eigenvalue weighted by Crippen LogP contribution is -2.35. The number of fused-ring (bicyclic) bond motifs is 3. The highest BCUT2D eigenvalue weighted by molar-refractivity contribution is 7.90. The maximum Gasteiger partial charge on any atom is 0.335 e. The van der Waals surface area contributed by atoms with Crippen molar-refractivity contribution in [3.63, 3.8) is 0 Å². The number of amides is 2. The Morgan fingerprint density at radius 3 is 2.47 bits per heavy atom. The smallest absolute Gasteiger partial charge is 0.335 e. The molecule has 0 spiro atoms. The van der Waals surface area contributed by atoms with Gasteiger partial charge in [0, 0.05) is 0 Å². The predicted octanol–water partition coefficient (Wildman–Crippen LogP) is 2.52. The van der Waals surface area contributed by atoms with Crippen LogP contribution in [0, 0.1) is 0 Å². The molecular weight excluding hydrogens is 456 g/mol. The Kier molecular flexibility index (Phi) is 5.09. The molecule has 3 heterocycles. The number of halogens is 1. The number of ether oxygens (including phenoxy) is 2. The molecule has 0 aliphatic carbocycles. The summed E-state index contributed by atoms with van der Waals surface area (Å²) in [5.74, 6) is 0.0139. The molecule has 4 aromatic rings. The molecule has 1 aromatic carbocycles. The third kappa shape index (κ3) is 3.58. The van der Waals surface area contributed by atoms with Crippen LogP contribution >= 0.6 is 22.9 Å². The number of sulfonamides is 1. The average molecular weight is 469 g/mol. The van der Waals surface area contributed by atoms with Gasteiger partial charge < -0.3 is 9.47 Å². The summed E-state index contributed by atoms with van der Waals surface area (Å²) in [7, 11) is -1.65. The lowest BCUT2D eigenvalue weighted by Gasteiger charge is -2.09. The number of methoxy groups -OCH3 is 2. The van der Waals surface area contributed by atoms with Crippen molar-refractivity contribution >= 4 is 60.1 Å². The van der Waals surface area contributed by atoms with Crippen LogP contribution in [-0.2, 0) is 10.0 Å². The molecule has 156 valence electrons. The fourth-order valence-corrected chi connectivity index (χ4v) is 5.35. The molecule has 2 amide bonds. The van der Waals surface area contributed by atoms with Gasteiger partial charge in [-0.3, -0.25) is 9.72 Å². The molecule has 11 nitrogen and oxygen atoms in total. The molecule has 4 rings (SSSR count). The number of carbonyl (C=O) groups is 1. The first kappa shape index (κ1) is 20.1. The van der Waals surface area contributed by atoms with Gasteiger partial charge >= 0.3 is 6.03 Å². The summed E-state index contributed by atoms with van der Waals surface area (Å²) >= 11 is 7.35. The second-order valence-corrected chi connectivity index (χ2v) is 8.70. The van der Waals surface area contributed by atoms with Crippen LogP contribution < -0.4 is 19.5 Å². The molecule has 0 fully saturated rings. The lowest BCUT2D eigenvalue weighted by molar-refractivity contribution is 0.256. The van der Waals surface area contributed by atoms with Crippen molar-refractivity contribution in [2.45, 2.75) is 5.03 Å². The van der Waals surface area contributed by atoms with E-state index in [4.69, 9.17) is 21.1 Å². The number of para-hydroxylation sites is 1. The molecule has 2 N–H and O–H groups in total. The third-order valence-corrected chi connectivity index (χ3v) is 6.61. The molecule has 30 heavy (non-hydrogen) atoms. The monoisotopic (exact) mass is 468 g/mol. The topological polar surface area (TPSA) is 137 Å². The van der Waals surface area contributed by atoms with Crippen molar-refractivity contribution in [1.29, 1.82) is 0 Å². The van der Waals surface area contributed by atoms with E-state index in [0.29, 0.717) is 10.5 Å². The SMILES string of the molecule is COc1cc(OC)nc(NC(=O)NS(=O)(=O)c2c(Cl)nc3sc4ccccc4n23)n1. The number of urea groups is 1. The van der Waals surface area contributed by atoms with Crippen LogP contribution in [0.15, 0.2) is 35.4 Å². The standard InChI is InChI=1S/C16H13ClN6O5S2/c1-27-10-7-11(28-2)19-14(18-10)21-15(24)22-30(25,26)13-12(17)20-16-23(13)8-5-3-4-6-9(8)29-16/h3-7H,1-2H3,(H2,18,19,21,22,24). The van der Waals surface area contributed by atoms with Crippen molar-refractivity contribution in [3.8, 4) is 11.8 Å². The summed E-state index contributed by atoms with van der Waals surface area (Å²) in [6.07, 6.45) is 0. The number of nitrogens with one attached hydrogen (secondary N) is 2. The van der Waals surface area contributed by atoms with E-state index in [9.17, 15) is 13.2 Å². The van der Waals surface area contributed by atoms with Crippen molar-refractivity contribution in [2.75, 3.05) is 19.5 Å². The minimum Gasteiger partial charge on any atom is -0.481 e. The number of imidazole rings is 1. The predicted molar refractivity (Wildman–Crippen MR) is 110 cm³/mol. The normalized spacial score (nSPS) is 11.6. The molecule has 0 bridgehead atoms. The number of aromatic nitrogens is 4. The zero-order valence-corrected chi connectivity index (χ0v) is 17.8. The molecule has 14 heteroatoms. The largest absolute Gasteiger partial charge is 0.481 e. The fourth-order valence-electron chi connectivity index (χ4n) is 2.67. The Hall–Kier alpha value is -3.16. The zero-order chi connectivity index (χ0) is 21.5. The molecule has 0 saturated carbocycles. The van der Waals surface area contributed by atoms with Crippen LogP contribution in [0.3, 0.4) is 0 Å². The molecule has 0 unspecified atom stereocenters. The van der Waals surface area contributed by atoms with Crippen LogP contribution in [0.2, 0.25) is 5.15 Å². The molecule has 0 saturated heterocycles. The van der Waals surface area contributed by atoms with E-state index < -0.39 is 16.1 Å². The van der Waals surface area contributed by atoms with E-state index >= 15 is 0 Å². The summed E-state index contributed by atoms with van der Waals surface area (Å²) in [5, 5.41) is 1.62. The number of hydrogen-bond donors (Lipinski definition) is 2. The number of thiazole rings is 1. The number of rotatable bonds is 5. The molecule has 0 atom stereocenters. The number of benzene rings is 1. The number of anilines is 1. The summed E-state index contributed by atoms with van der Waals surface area (Å²) in [6, 6.07) is 7.42. The molecule has 3 aromatic heterocycles. The lowest BCUT2D eigenvalue weighted by atomic mass is 10.3. The zero-order valence-electron chi connectivity index (χ0n) is 15.4. The first-order valence-corrected chi connectivity index (χ1v) is 10.9. The molecule has 0 aliphatic heterocycles. The van der Waals surface area contributed by atoms with Gasteiger partial charge in [-0.05, 0) is 12.1 Å². The Morgan fingerprint density at radius 1 is 1.13 bits per heavy atom. The van der Waals surface area contributed by atoms with Crippen LogP contribution in [-0.4, -0.2) is 48.0 Å². The summed E-state index contributed by atoms with van der Waals surface area (Å²) in [4.78, 5) is 24.6. The molecule has 0 radical (unpaired) electrons. The molecule has 0 aliphatic rings. The highest BCUT2D eigenvalue weighted by Gasteiger charge is 2.29. The van der Waals surface area contributed by atoms with E-state index in [-0.39, 0.29) is 27.9 Å². The summed E-state index contributed by atoms with van der Waals surface area (Å²) in [6.45, 7) is 0. The van der Waals surface area contributed by atoms with Gasteiger partial charge in [0.2, 0.25) is 22.7 Å². The second-order valence-electron chi connectivity index (χ2n) is 5.73. The maximum absolute atomic E-state index is 12.9. The van der Waals surface area contributed by atoms with Crippen molar-refractivity contribution < 1.29 is 22.7 Å². The maximum atomic E-state index is 12.9. The van der Waals surface area contributed by atoms with E-state index in [2.05, 4.69) is 20.3 Å². The molecular formula is C16H13ClN6O5S2. The van der Waals surface area contributed by atoms with E-state index in [0.717, 1.165) is 4.70 Å².